The second kappa shape index (κ2) is 5.81. The molecule has 1 N–H and O–H groups in total. The van der Waals surface area contributed by atoms with Gasteiger partial charge in [0.15, 0.2) is 0 Å². The van der Waals surface area contributed by atoms with E-state index in [-0.39, 0.29) is 17.7 Å². The van der Waals surface area contributed by atoms with Crippen LogP contribution in [0.3, 0.4) is 0 Å². The molecule has 5 heteroatoms. The standard InChI is InChI=1S/C17H15ClN2O2/c1-11-10-20(17(22)12-6-2-3-7-13(12)18)15-9-5-4-8-14(15)19-16(11)21/h2-9,11H,10H2,1H3,(H,19,21)/t11-/m0/s1. The Kier molecular flexibility index (Phi) is 3.86. The van der Waals surface area contributed by atoms with Crippen LogP contribution in [0.4, 0.5) is 11.4 Å². The van der Waals surface area contributed by atoms with Gasteiger partial charge in [0.05, 0.1) is 27.9 Å². The average molecular weight is 315 g/mol. The predicted molar refractivity (Wildman–Crippen MR) is 87.4 cm³/mol. The number of para-hydroxylation sites is 2. The summed E-state index contributed by atoms with van der Waals surface area (Å²) in [5.41, 5.74) is 1.75. The number of nitrogens with zero attached hydrogens (tertiary/aromatic N) is 1. The molecule has 0 aromatic heterocycles. The first-order valence-electron chi connectivity index (χ1n) is 7.04. The number of carbonyl (C=O) groups is 2. The minimum Gasteiger partial charge on any atom is -0.324 e. The summed E-state index contributed by atoms with van der Waals surface area (Å²) < 4.78 is 0. The zero-order chi connectivity index (χ0) is 15.7. The van der Waals surface area contributed by atoms with E-state index in [4.69, 9.17) is 11.6 Å². The Labute approximate surface area is 133 Å². The van der Waals surface area contributed by atoms with Gasteiger partial charge in [-0.2, -0.15) is 0 Å². The lowest BCUT2D eigenvalue weighted by atomic mass is 10.1. The minimum absolute atomic E-state index is 0.0955. The molecule has 1 atom stereocenters. The van der Waals surface area contributed by atoms with Gasteiger partial charge in [-0.15, -0.1) is 0 Å². The first-order valence-corrected chi connectivity index (χ1v) is 7.42. The molecule has 3 rings (SSSR count). The van der Waals surface area contributed by atoms with Crippen molar-refractivity contribution in [3.8, 4) is 0 Å². The number of nitrogens with one attached hydrogen (secondary N) is 1. The molecule has 0 aliphatic carbocycles. The van der Waals surface area contributed by atoms with Crippen LogP contribution in [0.15, 0.2) is 48.5 Å². The number of hydrogen-bond donors (Lipinski definition) is 1. The highest BCUT2D eigenvalue weighted by Gasteiger charge is 2.29. The van der Waals surface area contributed by atoms with Crippen LogP contribution in [0.5, 0.6) is 0 Å². The van der Waals surface area contributed by atoms with Crippen LogP contribution in [-0.4, -0.2) is 18.4 Å². The molecule has 0 spiro atoms. The third-order valence-electron chi connectivity index (χ3n) is 3.71. The number of carbonyl (C=O) groups excluding carboxylic acids is 2. The Morgan fingerprint density at radius 3 is 2.64 bits per heavy atom. The SMILES string of the molecule is C[C@H]1CN(C(=O)c2ccccc2Cl)c2ccccc2NC1=O. The van der Waals surface area contributed by atoms with Crippen molar-refractivity contribution in [3.05, 3.63) is 59.1 Å². The van der Waals surface area contributed by atoms with Crippen LogP contribution in [0.1, 0.15) is 17.3 Å². The number of benzene rings is 2. The molecule has 0 unspecified atom stereocenters. The van der Waals surface area contributed by atoms with Crippen LogP contribution < -0.4 is 10.2 Å². The fraction of sp³-hybridized carbons (Fsp3) is 0.176. The lowest BCUT2D eigenvalue weighted by Gasteiger charge is -2.24. The quantitative estimate of drug-likeness (QED) is 0.874. The molecular formula is C17H15ClN2O2. The highest BCUT2D eigenvalue weighted by atomic mass is 35.5. The van der Waals surface area contributed by atoms with Crippen molar-refractivity contribution < 1.29 is 9.59 Å². The van der Waals surface area contributed by atoms with E-state index in [0.29, 0.717) is 28.5 Å². The van der Waals surface area contributed by atoms with Crippen LogP contribution >= 0.6 is 11.6 Å². The summed E-state index contributed by atoms with van der Waals surface area (Å²) in [4.78, 5) is 26.6. The molecule has 0 bridgehead atoms. The number of rotatable bonds is 1. The predicted octanol–water partition coefficient (Wildman–Crippen LogP) is 3.58. The van der Waals surface area contributed by atoms with Crippen molar-refractivity contribution in [1.82, 2.24) is 0 Å². The van der Waals surface area contributed by atoms with Crippen LogP contribution in [-0.2, 0) is 4.79 Å². The van der Waals surface area contributed by atoms with E-state index in [0.717, 1.165) is 0 Å². The molecule has 0 saturated carbocycles. The smallest absolute Gasteiger partial charge is 0.259 e. The first kappa shape index (κ1) is 14.6. The van der Waals surface area contributed by atoms with Crippen LogP contribution in [0.25, 0.3) is 0 Å². The molecule has 1 heterocycles. The zero-order valence-electron chi connectivity index (χ0n) is 12.0. The largest absolute Gasteiger partial charge is 0.324 e. The monoisotopic (exact) mass is 314 g/mol. The van der Waals surface area contributed by atoms with E-state index < -0.39 is 0 Å². The Morgan fingerprint density at radius 2 is 1.86 bits per heavy atom. The van der Waals surface area contributed by atoms with Gasteiger partial charge in [0.1, 0.15) is 0 Å². The lowest BCUT2D eigenvalue weighted by molar-refractivity contribution is -0.119. The molecular weight excluding hydrogens is 300 g/mol. The maximum Gasteiger partial charge on any atom is 0.259 e. The summed E-state index contributed by atoms with van der Waals surface area (Å²) in [6, 6.07) is 14.2. The summed E-state index contributed by atoms with van der Waals surface area (Å²) >= 11 is 6.14. The highest BCUT2D eigenvalue weighted by Crippen LogP contribution is 2.31. The summed E-state index contributed by atoms with van der Waals surface area (Å²) in [6.45, 7) is 2.11. The lowest BCUT2D eigenvalue weighted by Crippen LogP contribution is -2.36. The maximum atomic E-state index is 12.9. The van der Waals surface area contributed by atoms with Gasteiger partial charge in [-0.05, 0) is 24.3 Å². The zero-order valence-corrected chi connectivity index (χ0v) is 12.8. The van der Waals surface area contributed by atoms with Crippen molar-refractivity contribution in [2.75, 3.05) is 16.8 Å². The molecule has 22 heavy (non-hydrogen) atoms. The molecule has 4 nitrogen and oxygen atoms in total. The van der Waals surface area contributed by atoms with Crippen molar-refractivity contribution in [2.45, 2.75) is 6.92 Å². The maximum absolute atomic E-state index is 12.9. The number of amides is 2. The molecule has 112 valence electrons. The van der Waals surface area contributed by atoms with E-state index >= 15 is 0 Å². The van der Waals surface area contributed by atoms with E-state index in [1.165, 1.54) is 0 Å². The fourth-order valence-electron chi connectivity index (χ4n) is 2.50. The third-order valence-corrected chi connectivity index (χ3v) is 4.04. The van der Waals surface area contributed by atoms with Gasteiger partial charge in [0.2, 0.25) is 5.91 Å². The van der Waals surface area contributed by atoms with E-state index in [9.17, 15) is 9.59 Å². The van der Waals surface area contributed by atoms with E-state index in [2.05, 4.69) is 5.32 Å². The highest BCUT2D eigenvalue weighted by molar-refractivity contribution is 6.34. The van der Waals surface area contributed by atoms with Crippen LogP contribution in [0, 0.1) is 5.92 Å². The molecule has 2 aromatic rings. The molecule has 2 amide bonds. The second-order valence-corrected chi connectivity index (χ2v) is 5.71. The topological polar surface area (TPSA) is 49.4 Å². The Balaban J connectivity index is 2.07. The molecule has 0 radical (unpaired) electrons. The summed E-state index contributed by atoms with van der Waals surface area (Å²) in [6.07, 6.45) is 0. The van der Waals surface area contributed by atoms with Crippen molar-refractivity contribution in [3.63, 3.8) is 0 Å². The van der Waals surface area contributed by atoms with Gasteiger partial charge in [-0.3, -0.25) is 9.59 Å². The van der Waals surface area contributed by atoms with Gasteiger partial charge < -0.3 is 10.2 Å². The van der Waals surface area contributed by atoms with Crippen molar-refractivity contribution >= 4 is 34.8 Å². The second-order valence-electron chi connectivity index (χ2n) is 5.30. The Morgan fingerprint density at radius 1 is 1.18 bits per heavy atom. The molecule has 0 fully saturated rings. The number of hydrogen-bond acceptors (Lipinski definition) is 2. The molecule has 0 saturated heterocycles. The van der Waals surface area contributed by atoms with Gasteiger partial charge in [-0.25, -0.2) is 0 Å². The third kappa shape index (κ3) is 2.57. The van der Waals surface area contributed by atoms with E-state index in [1.807, 2.05) is 18.2 Å². The average Bonchev–Trinajstić information content (AvgIpc) is 2.64. The first-order chi connectivity index (χ1) is 10.6. The minimum atomic E-state index is -0.307. The normalized spacial score (nSPS) is 17.5. The number of anilines is 2. The molecule has 1 aliphatic heterocycles. The summed E-state index contributed by atoms with van der Waals surface area (Å²) in [5.74, 6) is -0.609. The van der Waals surface area contributed by atoms with Gasteiger partial charge >= 0.3 is 0 Å². The van der Waals surface area contributed by atoms with Crippen molar-refractivity contribution in [1.29, 1.82) is 0 Å². The van der Waals surface area contributed by atoms with Gasteiger partial charge in [-0.1, -0.05) is 42.8 Å². The van der Waals surface area contributed by atoms with E-state index in [1.54, 1.807) is 42.2 Å². The molecule has 1 aliphatic rings. The number of fused-ring (bicyclic) bond motifs is 1. The van der Waals surface area contributed by atoms with Gasteiger partial charge in [0.25, 0.3) is 5.91 Å². The summed E-state index contributed by atoms with van der Waals surface area (Å²) in [7, 11) is 0. The van der Waals surface area contributed by atoms with Gasteiger partial charge in [0, 0.05) is 6.54 Å². The summed E-state index contributed by atoms with van der Waals surface area (Å²) in [5, 5.41) is 3.26. The van der Waals surface area contributed by atoms with Crippen LogP contribution in [0.2, 0.25) is 5.02 Å². The Bertz CT molecular complexity index is 745. The molecule has 2 aromatic carbocycles. The van der Waals surface area contributed by atoms with Crippen molar-refractivity contribution in [2.24, 2.45) is 5.92 Å². The number of halogens is 1. The Hall–Kier alpha value is -2.33. The fourth-order valence-corrected chi connectivity index (χ4v) is 2.71.